The summed E-state index contributed by atoms with van der Waals surface area (Å²) in [5.74, 6) is -1.71. The van der Waals surface area contributed by atoms with E-state index in [9.17, 15) is 14.4 Å². The molecule has 1 amide bonds. The van der Waals surface area contributed by atoms with Crippen LogP contribution in [-0.4, -0.2) is 36.4 Å². The van der Waals surface area contributed by atoms with Crippen LogP contribution in [0.3, 0.4) is 0 Å². The Morgan fingerprint density at radius 1 is 1.37 bits per heavy atom. The SMILES string of the molecule is COc1cccc2c1N(CCCC(=O)O)C(=O)C2=O. The molecule has 0 radical (unpaired) electrons. The Hall–Kier alpha value is -2.37. The van der Waals surface area contributed by atoms with Crippen LogP contribution in [0.5, 0.6) is 5.75 Å². The Morgan fingerprint density at radius 2 is 2.11 bits per heavy atom. The number of amides is 1. The first kappa shape index (κ1) is 13.1. The molecule has 0 fully saturated rings. The van der Waals surface area contributed by atoms with Crippen molar-refractivity contribution >= 4 is 23.3 Å². The van der Waals surface area contributed by atoms with Crippen LogP contribution in [0.4, 0.5) is 5.69 Å². The van der Waals surface area contributed by atoms with E-state index in [1.807, 2.05) is 0 Å². The Balaban J connectivity index is 2.29. The molecule has 0 saturated heterocycles. The number of carboxylic acids is 1. The molecule has 0 bridgehead atoms. The third-order valence-corrected chi connectivity index (χ3v) is 2.95. The lowest BCUT2D eigenvalue weighted by Gasteiger charge is -2.18. The number of Topliss-reactive ketones (excluding diaryl/α,β-unsaturated/α-hetero) is 1. The number of anilines is 1. The number of nitrogens with zero attached hydrogens (tertiary/aromatic N) is 1. The number of hydrogen-bond donors (Lipinski definition) is 1. The summed E-state index contributed by atoms with van der Waals surface area (Å²) in [4.78, 5) is 35.5. The number of rotatable bonds is 5. The smallest absolute Gasteiger partial charge is 0.303 e. The molecule has 1 aliphatic heterocycles. The highest BCUT2D eigenvalue weighted by Crippen LogP contribution is 2.37. The summed E-state index contributed by atoms with van der Waals surface area (Å²) in [6, 6.07) is 4.87. The van der Waals surface area contributed by atoms with Gasteiger partial charge < -0.3 is 14.7 Å². The van der Waals surface area contributed by atoms with Crippen molar-refractivity contribution < 1.29 is 24.2 Å². The highest BCUT2D eigenvalue weighted by atomic mass is 16.5. The fourth-order valence-corrected chi connectivity index (χ4v) is 2.09. The lowest BCUT2D eigenvalue weighted by Crippen LogP contribution is -2.31. The average Bonchev–Trinajstić information content (AvgIpc) is 2.63. The Labute approximate surface area is 109 Å². The fraction of sp³-hybridized carbons (Fsp3) is 0.308. The molecular formula is C13H13NO5. The van der Waals surface area contributed by atoms with Crippen molar-refractivity contribution in [1.82, 2.24) is 0 Å². The molecule has 19 heavy (non-hydrogen) atoms. The van der Waals surface area contributed by atoms with E-state index in [2.05, 4.69) is 0 Å². The molecule has 0 aliphatic carbocycles. The molecule has 0 aromatic heterocycles. The van der Waals surface area contributed by atoms with Crippen LogP contribution in [0.25, 0.3) is 0 Å². The minimum absolute atomic E-state index is 0.0531. The monoisotopic (exact) mass is 263 g/mol. The van der Waals surface area contributed by atoms with E-state index in [1.54, 1.807) is 18.2 Å². The van der Waals surface area contributed by atoms with Gasteiger partial charge in [-0.1, -0.05) is 6.07 Å². The van der Waals surface area contributed by atoms with E-state index < -0.39 is 17.7 Å². The number of carbonyl (C=O) groups is 3. The van der Waals surface area contributed by atoms with E-state index >= 15 is 0 Å². The summed E-state index contributed by atoms with van der Waals surface area (Å²) in [5.41, 5.74) is 0.741. The maximum absolute atomic E-state index is 11.9. The van der Waals surface area contributed by atoms with Gasteiger partial charge in [0.15, 0.2) is 0 Å². The summed E-state index contributed by atoms with van der Waals surface area (Å²) in [6.45, 7) is 0.185. The highest BCUT2D eigenvalue weighted by Gasteiger charge is 2.37. The van der Waals surface area contributed by atoms with Crippen LogP contribution in [0.2, 0.25) is 0 Å². The minimum atomic E-state index is -0.932. The van der Waals surface area contributed by atoms with Gasteiger partial charge in [0.1, 0.15) is 5.75 Å². The summed E-state index contributed by atoms with van der Waals surface area (Å²) in [7, 11) is 1.46. The molecule has 6 nitrogen and oxygen atoms in total. The van der Waals surface area contributed by atoms with Crippen molar-refractivity contribution in [3.63, 3.8) is 0 Å². The number of hydrogen-bond acceptors (Lipinski definition) is 4. The van der Waals surface area contributed by atoms with E-state index in [-0.39, 0.29) is 19.4 Å². The van der Waals surface area contributed by atoms with Crippen LogP contribution in [0.15, 0.2) is 18.2 Å². The summed E-state index contributed by atoms with van der Waals surface area (Å²) in [6.07, 6.45) is 0.230. The third kappa shape index (κ3) is 2.29. The zero-order valence-electron chi connectivity index (χ0n) is 10.4. The number of aliphatic carboxylic acids is 1. The van der Waals surface area contributed by atoms with Crippen molar-refractivity contribution in [3.8, 4) is 5.75 Å². The van der Waals surface area contributed by atoms with Crippen LogP contribution in [0, 0.1) is 0 Å². The predicted molar refractivity (Wildman–Crippen MR) is 66.5 cm³/mol. The van der Waals surface area contributed by atoms with Crippen LogP contribution in [0.1, 0.15) is 23.2 Å². The maximum Gasteiger partial charge on any atom is 0.303 e. The Kier molecular flexibility index (Phi) is 3.50. The van der Waals surface area contributed by atoms with E-state index in [0.29, 0.717) is 17.0 Å². The lowest BCUT2D eigenvalue weighted by molar-refractivity contribution is -0.137. The second-order valence-corrected chi connectivity index (χ2v) is 4.14. The number of benzene rings is 1. The van der Waals surface area contributed by atoms with Gasteiger partial charge in [-0.25, -0.2) is 0 Å². The third-order valence-electron chi connectivity index (χ3n) is 2.95. The number of carbonyl (C=O) groups excluding carboxylic acids is 2. The van der Waals surface area contributed by atoms with Crippen LogP contribution < -0.4 is 9.64 Å². The van der Waals surface area contributed by atoms with E-state index in [4.69, 9.17) is 9.84 Å². The maximum atomic E-state index is 11.9. The van der Waals surface area contributed by atoms with Crippen LogP contribution >= 0.6 is 0 Å². The first-order chi connectivity index (χ1) is 9.06. The van der Waals surface area contributed by atoms with Gasteiger partial charge in [0.05, 0.1) is 18.4 Å². The van der Waals surface area contributed by atoms with Gasteiger partial charge in [0, 0.05) is 13.0 Å². The molecule has 0 saturated carbocycles. The number of ketones is 1. The van der Waals surface area contributed by atoms with Gasteiger partial charge in [0.25, 0.3) is 11.7 Å². The highest BCUT2D eigenvalue weighted by molar-refractivity contribution is 6.52. The number of methoxy groups -OCH3 is 1. The van der Waals surface area contributed by atoms with Gasteiger partial charge in [-0.2, -0.15) is 0 Å². The number of ether oxygens (including phenoxy) is 1. The second kappa shape index (κ2) is 5.09. The van der Waals surface area contributed by atoms with Gasteiger partial charge >= 0.3 is 5.97 Å². The zero-order chi connectivity index (χ0) is 14.0. The molecule has 1 aliphatic rings. The van der Waals surface area contributed by atoms with Gasteiger partial charge in [-0.3, -0.25) is 14.4 Å². The first-order valence-electron chi connectivity index (χ1n) is 5.81. The van der Waals surface area contributed by atoms with Crippen molar-refractivity contribution in [3.05, 3.63) is 23.8 Å². The fourth-order valence-electron chi connectivity index (χ4n) is 2.09. The zero-order valence-corrected chi connectivity index (χ0v) is 10.4. The molecule has 0 unspecified atom stereocenters. The van der Waals surface area contributed by atoms with E-state index in [0.717, 1.165) is 0 Å². The molecule has 1 N–H and O–H groups in total. The molecule has 2 rings (SSSR count). The lowest BCUT2D eigenvalue weighted by atomic mass is 10.1. The minimum Gasteiger partial charge on any atom is -0.495 e. The quantitative estimate of drug-likeness (QED) is 0.804. The Bertz CT molecular complexity index is 552. The molecule has 1 aromatic rings. The molecule has 1 aromatic carbocycles. The molecule has 1 heterocycles. The van der Waals surface area contributed by atoms with Gasteiger partial charge in [-0.05, 0) is 18.6 Å². The number of carboxylic acid groups (broad SMARTS) is 1. The topological polar surface area (TPSA) is 83.9 Å². The molecular weight excluding hydrogens is 250 g/mol. The van der Waals surface area contributed by atoms with E-state index in [1.165, 1.54) is 12.0 Å². The number of fused-ring (bicyclic) bond motifs is 1. The predicted octanol–water partition coefficient (Wildman–Crippen LogP) is 1.09. The summed E-state index contributed by atoms with van der Waals surface area (Å²) in [5, 5.41) is 8.61. The molecule has 0 spiro atoms. The van der Waals surface area contributed by atoms with Gasteiger partial charge in [-0.15, -0.1) is 0 Å². The molecule has 100 valence electrons. The van der Waals surface area contributed by atoms with Crippen molar-refractivity contribution in [2.75, 3.05) is 18.6 Å². The summed E-state index contributed by atoms with van der Waals surface area (Å²) < 4.78 is 5.15. The van der Waals surface area contributed by atoms with Crippen molar-refractivity contribution in [2.45, 2.75) is 12.8 Å². The van der Waals surface area contributed by atoms with Crippen LogP contribution in [-0.2, 0) is 9.59 Å². The Morgan fingerprint density at radius 3 is 2.74 bits per heavy atom. The average molecular weight is 263 g/mol. The molecule has 0 atom stereocenters. The normalized spacial score (nSPS) is 13.6. The summed E-state index contributed by atoms with van der Waals surface area (Å²) >= 11 is 0. The largest absolute Gasteiger partial charge is 0.495 e. The van der Waals surface area contributed by atoms with Crippen molar-refractivity contribution in [2.24, 2.45) is 0 Å². The number of para-hydroxylation sites is 1. The molecule has 6 heteroatoms. The second-order valence-electron chi connectivity index (χ2n) is 4.14. The van der Waals surface area contributed by atoms with Crippen molar-refractivity contribution in [1.29, 1.82) is 0 Å². The first-order valence-corrected chi connectivity index (χ1v) is 5.81. The van der Waals surface area contributed by atoms with Gasteiger partial charge in [0.2, 0.25) is 0 Å². The standard InChI is InChI=1S/C13H13NO5/c1-19-9-5-2-4-8-11(9)14(13(18)12(8)17)7-3-6-10(15)16/h2,4-5H,3,6-7H2,1H3,(H,15,16).